The molecule has 1 N–H and O–H groups in total. The summed E-state index contributed by atoms with van der Waals surface area (Å²) in [5.74, 6) is 0.948. The number of ether oxygens (including phenoxy) is 1. The van der Waals surface area contributed by atoms with E-state index in [-0.39, 0.29) is 24.4 Å². The Hall–Kier alpha value is -0.796. The number of methoxy groups -OCH3 is 1. The van der Waals surface area contributed by atoms with Gasteiger partial charge >= 0.3 is 18.9 Å². The van der Waals surface area contributed by atoms with Crippen LogP contribution in [0.1, 0.15) is 33.6 Å². The van der Waals surface area contributed by atoms with E-state index in [1.165, 1.54) is 47.6 Å². The van der Waals surface area contributed by atoms with E-state index in [0.29, 0.717) is 0 Å². The van der Waals surface area contributed by atoms with Gasteiger partial charge in [0.2, 0.25) is 0 Å². The zero-order chi connectivity index (χ0) is 17.5. The van der Waals surface area contributed by atoms with Gasteiger partial charge < -0.3 is 14.6 Å². The predicted molar refractivity (Wildman–Crippen MR) is 108 cm³/mol. The van der Waals surface area contributed by atoms with E-state index in [4.69, 9.17) is 4.74 Å². The molecule has 0 saturated carbocycles. The van der Waals surface area contributed by atoms with Crippen molar-refractivity contribution < 1.29 is 23.6 Å². The van der Waals surface area contributed by atoms with Crippen LogP contribution in [0.4, 0.5) is 5.69 Å². The molecule has 1 saturated heterocycles. The molecule has 3 nitrogen and oxygen atoms in total. The molecule has 1 fully saturated rings. The van der Waals surface area contributed by atoms with E-state index < -0.39 is 8.24 Å². The molecule has 2 aromatic rings. The van der Waals surface area contributed by atoms with Crippen LogP contribution in [0.3, 0.4) is 0 Å². The van der Waals surface area contributed by atoms with Gasteiger partial charge in [0.25, 0.3) is 0 Å². The number of benzene rings is 1. The van der Waals surface area contributed by atoms with Gasteiger partial charge in [-0.15, -0.1) is 28.1 Å². The Balaban J connectivity index is 0.00000225. The number of hydrogen-bond donors (Lipinski definition) is 1. The third kappa shape index (κ3) is 4.31. The van der Waals surface area contributed by atoms with E-state index in [9.17, 15) is 0 Å². The molecular formula is C20H31LiN2OSi. The Bertz CT molecular complexity index is 727. The smallest absolute Gasteiger partial charge is 0.498 e. The standard InChI is InChI=1S/C20H31N2OSi.Li/c1-20(2,3)21-24(5,6)19-14-18(22-11-7-8-12-22)17-13-15(23-4)9-10-16(17)19;/h9-10,13-14,21H,7-8,11-12H2,1-6H3;/q-1;+1. The first kappa shape index (κ1) is 20.5. The Labute approximate surface area is 165 Å². The number of hydrogen-bond acceptors (Lipinski definition) is 3. The summed E-state index contributed by atoms with van der Waals surface area (Å²) in [6, 6.07) is 9.03. The van der Waals surface area contributed by atoms with Gasteiger partial charge in [-0.1, -0.05) is 30.9 Å². The van der Waals surface area contributed by atoms with Crippen molar-refractivity contribution in [2.45, 2.75) is 52.2 Å². The molecule has 2 aromatic carbocycles. The summed E-state index contributed by atoms with van der Waals surface area (Å²) < 4.78 is 5.49. The van der Waals surface area contributed by atoms with Crippen LogP contribution in [0, 0.1) is 0 Å². The molecule has 0 atom stereocenters. The van der Waals surface area contributed by atoms with Gasteiger partial charge in [0.05, 0.1) is 12.9 Å². The van der Waals surface area contributed by atoms with E-state index in [0.717, 1.165) is 5.75 Å². The third-order valence-corrected chi connectivity index (χ3v) is 8.02. The maximum atomic E-state index is 5.49. The number of fused-ring (bicyclic) bond motifs is 1. The molecule has 5 heteroatoms. The predicted octanol–water partition coefficient (Wildman–Crippen LogP) is 0.972. The topological polar surface area (TPSA) is 24.5 Å². The number of nitrogens with one attached hydrogen (secondary N) is 1. The second-order valence-electron chi connectivity index (χ2n) is 8.55. The average molecular weight is 351 g/mol. The monoisotopic (exact) mass is 350 g/mol. The Morgan fingerprint density at radius 3 is 2.36 bits per heavy atom. The molecule has 0 bridgehead atoms. The summed E-state index contributed by atoms with van der Waals surface area (Å²) in [7, 11) is -0.00408. The summed E-state index contributed by atoms with van der Waals surface area (Å²) in [4.78, 5) is 6.47. The second-order valence-corrected chi connectivity index (χ2v) is 12.6. The Kier molecular flexibility index (Phi) is 6.11. The molecule has 1 aliphatic rings. The summed E-state index contributed by atoms with van der Waals surface area (Å²) in [5, 5.41) is 4.26. The van der Waals surface area contributed by atoms with Crippen molar-refractivity contribution in [3.05, 3.63) is 24.3 Å². The summed E-state index contributed by atoms with van der Waals surface area (Å²) in [6.45, 7) is 14.0. The number of nitrogens with zero attached hydrogens (tertiary/aromatic N) is 1. The molecule has 0 amide bonds. The minimum absolute atomic E-state index is 0. The number of rotatable bonds is 4. The van der Waals surface area contributed by atoms with E-state index in [1.54, 1.807) is 7.11 Å². The SMILES string of the molecule is COc1ccc2c(c1)c(N1CCCC1)c[c-]2[Si](C)(C)NC(C)(C)C.[Li+]. The molecule has 3 rings (SSSR count). The minimum atomic E-state index is -1.75. The van der Waals surface area contributed by atoms with Gasteiger partial charge in [0.15, 0.2) is 0 Å². The van der Waals surface area contributed by atoms with Crippen LogP contribution in [0.2, 0.25) is 13.1 Å². The zero-order valence-electron chi connectivity index (χ0n) is 17.0. The summed E-state index contributed by atoms with van der Waals surface area (Å²) >= 11 is 0. The van der Waals surface area contributed by atoms with Crippen LogP contribution in [-0.4, -0.2) is 34.0 Å². The molecule has 1 heterocycles. The molecule has 0 spiro atoms. The maximum absolute atomic E-state index is 5.49. The average Bonchev–Trinajstić information content (AvgIpc) is 3.11. The van der Waals surface area contributed by atoms with Crippen LogP contribution in [0.5, 0.6) is 5.75 Å². The zero-order valence-corrected chi connectivity index (χ0v) is 18.0. The second kappa shape index (κ2) is 7.44. The third-order valence-electron chi connectivity index (χ3n) is 4.88. The molecule has 25 heavy (non-hydrogen) atoms. The van der Waals surface area contributed by atoms with Gasteiger partial charge in [-0.05, 0) is 33.6 Å². The molecule has 0 radical (unpaired) electrons. The summed E-state index contributed by atoms with van der Waals surface area (Å²) in [6.07, 6.45) is 2.60. The van der Waals surface area contributed by atoms with Crippen molar-refractivity contribution in [1.82, 2.24) is 4.98 Å². The van der Waals surface area contributed by atoms with Gasteiger partial charge in [0, 0.05) is 18.6 Å². The fourth-order valence-corrected chi connectivity index (χ4v) is 7.53. The van der Waals surface area contributed by atoms with Crippen molar-refractivity contribution in [3.8, 4) is 5.75 Å². The first-order chi connectivity index (χ1) is 11.2. The quantitative estimate of drug-likeness (QED) is 0.657. The molecule has 0 aromatic heterocycles. The van der Waals surface area contributed by atoms with Crippen LogP contribution < -0.4 is 38.7 Å². The van der Waals surface area contributed by atoms with E-state index >= 15 is 0 Å². The van der Waals surface area contributed by atoms with Crippen LogP contribution in [0.25, 0.3) is 10.8 Å². The largest absolute Gasteiger partial charge is 1.00 e. The molecule has 0 aliphatic carbocycles. The maximum Gasteiger partial charge on any atom is 1.00 e. The molecule has 132 valence electrons. The minimum Gasteiger partial charge on any atom is -0.498 e. The van der Waals surface area contributed by atoms with E-state index in [1.807, 2.05) is 0 Å². The van der Waals surface area contributed by atoms with Crippen molar-refractivity contribution in [1.29, 1.82) is 0 Å². The van der Waals surface area contributed by atoms with Gasteiger partial charge in [-0.3, -0.25) is 0 Å². The van der Waals surface area contributed by atoms with Crippen LogP contribution in [-0.2, 0) is 0 Å². The molecular weight excluding hydrogens is 319 g/mol. The van der Waals surface area contributed by atoms with Crippen LogP contribution >= 0.6 is 0 Å². The first-order valence-corrected chi connectivity index (χ1v) is 12.0. The van der Waals surface area contributed by atoms with Gasteiger partial charge in [-0.2, -0.15) is 0 Å². The fourth-order valence-electron chi connectivity index (χ4n) is 4.13. The first-order valence-electron chi connectivity index (χ1n) is 9.03. The van der Waals surface area contributed by atoms with Crippen molar-refractivity contribution in [3.63, 3.8) is 0 Å². The van der Waals surface area contributed by atoms with Crippen molar-refractivity contribution in [2.24, 2.45) is 0 Å². The van der Waals surface area contributed by atoms with E-state index in [2.05, 4.69) is 68.0 Å². The summed E-state index contributed by atoms with van der Waals surface area (Å²) in [5.41, 5.74) is 1.52. The van der Waals surface area contributed by atoms with Crippen LogP contribution in [0.15, 0.2) is 24.3 Å². The fraction of sp³-hybridized carbons (Fsp3) is 0.550. The van der Waals surface area contributed by atoms with Crippen molar-refractivity contribution >= 4 is 29.9 Å². The Morgan fingerprint density at radius 2 is 1.80 bits per heavy atom. The molecule has 1 aliphatic heterocycles. The molecule has 0 unspecified atom stereocenters. The normalized spacial score (nSPS) is 15.5. The number of anilines is 1. The Morgan fingerprint density at radius 1 is 1.16 bits per heavy atom. The van der Waals surface area contributed by atoms with Gasteiger partial charge in [-0.25, -0.2) is 0 Å². The van der Waals surface area contributed by atoms with Crippen molar-refractivity contribution in [2.75, 3.05) is 25.1 Å². The van der Waals surface area contributed by atoms with Gasteiger partial charge in [0.1, 0.15) is 8.24 Å².